The highest BCUT2D eigenvalue weighted by atomic mass is 16.5. The molecule has 2 heterocycles. The minimum absolute atomic E-state index is 0.0898. The topological polar surface area (TPSA) is 21.7 Å². The Bertz CT molecular complexity index is 4160. The minimum atomic E-state index is -0.719. The summed E-state index contributed by atoms with van der Waals surface area (Å²) < 4.78 is 14.2. The van der Waals surface area contributed by atoms with Crippen molar-refractivity contribution in [2.45, 2.75) is 63.2 Å². The van der Waals surface area contributed by atoms with Crippen LogP contribution < -0.4 is 14.4 Å². The molecule has 2 aliphatic heterocycles. The van der Waals surface area contributed by atoms with E-state index in [0.717, 1.165) is 67.9 Å². The van der Waals surface area contributed by atoms with Crippen molar-refractivity contribution in [2.75, 3.05) is 4.90 Å². The van der Waals surface area contributed by atoms with Crippen LogP contribution in [0, 0.1) is 0 Å². The van der Waals surface area contributed by atoms with E-state index < -0.39 is 10.8 Å². The molecule has 77 heavy (non-hydrogen) atoms. The summed E-state index contributed by atoms with van der Waals surface area (Å²) in [5.74, 6) is 3.45. The molecule has 0 fully saturated rings. The van der Waals surface area contributed by atoms with Gasteiger partial charge < -0.3 is 14.4 Å². The van der Waals surface area contributed by atoms with E-state index in [1.807, 2.05) is 0 Å². The Hall–Kier alpha value is -8.92. The molecule has 2 spiro atoms. The first-order valence-electron chi connectivity index (χ1n) is 27.1. The molecular weight excluding hydrogens is 935 g/mol. The van der Waals surface area contributed by atoms with E-state index in [2.05, 4.69) is 283 Å². The zero-order valence-electron chi connectivity index (χ0n) is 44.3. The Morgan fingerprint density at radius 1 is 0.299 bits per heavy atom. The van der Waals surface area contributed by atoms with E-state index in [0.29, 0.717) is 0 Å². The molecule has 0 N–H and O–H groups in total. The number of nitrogens with zero attached hydrogens (tertiary/aromatic N) is 1. The zero-order chi connectivity index (χ0) is 52.0. The molecule has 0 radical (unpaired) electrons. The predicted molar refractivity (Wildman–Crippen MR) is 316 cm³/mol. The molecule has 0 unspecified atom stereocenters. The van der Waals surface area contributed by atoms with Gasteiger partial charge in [-0.3, -0.25) is 0 Å². The van der Waals surface area contributed by atoms with Crippen LogP contribution in [0.25, 0.3) is 44.2 Å². The zero-order valence-corrected chi connectivity index (χ0v) is 44.3. The van der Waals surface area contributed by atoms with Gasteiger partial charge in [0.05, 0.1) is 16.5 Å². The highest BCUT2D eigenvalue weighted by Gasteiger charge is 2.53. The normalized spacial score (nSPS) is 14.5. The second-order valence-corrected chi connectivity index (χ2v) is 23.5. The summed E-state index contributed by atoms with van der Waals surface area (Å²) in [4.78, 5) is 2.50. The summed E-state index contributed by atoms with van der Waals surface area (Å²) in [6, 6.07) is 88.1. The standard InChI is InChI=1S/C74H57NO2/c1-71(2,3)47-34-38-55-56-39-35-48(72(4,5)6)43-63(56)74(62(55)42-47)61-30-15-18-33-68(61)77-70-41-37-50(45-65(70)74)75(66-31-16-11-25-57(66)52-26-19-21-46-20-7-8-22-51(46)52)49-36-40-69-64(44-49)73(60-29-14-17-32-67(60)76-69)58-27-12-9-23-53(58)54-24-10-13-28-59(54)73/h7-45H,1-6H3. The maximum Gasteiger partial charge on any atom is 0.132 e. The van der Waals surface area contributed by atoms with E-state index >= 15 is 0 Å². The Balaban J connectivity index is 1.05. The number of ether oxygens (including phenoxy) is 2. The van der Waals surface area contributed by atoms with Crippen molar-refractivity contribution in [3.8, 4) is 56.4 Å². The van der Waals surface area contributed by atoms with Crippen molar-refractivity contribution in [1.82, 2.24) is 0 Å². The molecule has 0 aromatic heterocycles. The van der Waals surface area contributed by atoms with E-state index in [1.54, 1.807) is 0 Å². The van der Waals surface area contributed by atoms with Gasteiger partial charge in [0, 0.05) is 39.2 Å². The molecule has 15 rings (SSSR count). The SMILES string of the molecule is CC(C)(C)c1ccc2c(c1)C1(c3ccccc3Oc3ccc(N(c4ccc5c(c4)C4(c6ccccc6O5)c5ccccc5-c5ccccc54)c4ccccc4-c4cccc5ccccc45)cc31)c1cc(C(C)(C)C)ccc1-2. The van der Waals surface area contributed by atoms with Gasteiger partial charge in [-0.25, -0.2) is 0 Å². The molecule has 370 valence electrons. The number of para-hydroxylation sites is 3. The largest absolute Gasteiger partial charge is 0.457 e. The first-order chi connectivity index (χ1) is 37.4. The van der Waals surface area contributed by atoms with Gasteiger partial charge in [-0.1, -0.05) is 224 Å². The van der Waals surface area contributed by atoms with Crippen LogP contribution in [0.3, 0.4) is 0 Å². The van der Waals surface area contributed by atoms with Crippen LogP contribution in [0.1, 0.15) is 97.2 Å². The lowest BCUT2D eigenvalue weighted by atomic mass is 9.65. The van der Waals surface area contributed by atoms with Gasteiger partial charge in [0.15, 0.2) is 0 Å². The minimum Gasteiger partial charge on any atom is -0.457 e. The molecule has 11 aromatic rings. The third kappa shape index (κ3) is 6.38. The quantitative estimate of drug-likeness (QED) is 0.175. The Kier molecular flexibility index (Phi) is 9.62. The number of fused-ring (bicyclic) bond motifs is 19. The van der Waals surface area contributed by atoms with Crippen LogP contribution in [-0.2, 0) is 21.7 Å². The molecule has 0 amide bonds. The number of hydrogen-bond acceptors (Lipinski definition) is 3. The molecule has 0 saturated carbocycles. The summed E-state index contributed by atoms with van der Waals surface area (Å²) in [6.07, 6.45) is 0. The lowest BCUT2D eigenvalue weighted by molar-refractivity contribution is 0.436. The number of anilines is 3. The van der Waals surface area contributed by atoms with Gasteiger partial charge in [-0.15, -0.1) is 0 Å². The fourth-order valence-corrected chi connectivity index (χ4v) is 13.8. The van der Waals surface area contributed by atoms with Crippen LogP contribution in [0.5, 0.6) is 23.0 Å². The van der Waals surface area contributed by atoms with E-state index in [9.17, 15) is 0 Å². The van der Waals surface area contributed by atoms with Crippen LogP contribution in [0.15, 0.2) is 237 Å². The molecule has 0 saturated heterocycles. The van der Waals surface area contributed by atoms with E-state index in [-0.39, 0.29) is 10.8 Å². The van der Waals surface area contributed by atoms with Crippen molar-refractivity contribution in [3.05, 3.63) is 292 Å². The highest BCUT2D eigenvalue weighted by Crippen LogP contribution is 2.65. The Labute approximate surface area is 451 Å². The molecule has 2 aliphatic carbocycles. The molecule has 0 atom stereocenters. The third-order valence-corrected chi connectivity index (χ3v) is 17.3. The van der Waals surface area contributed by atoms with Gasteiger partial charge in [0.1, 0.15) is 23.0 Å². The third-order valence-electron chi connectivity index (χ3n) is 17.3. The smallest absolute Gasteiger partial charge is 0.132 e. The molecule has 4 aliphatic rings. The first-order valence-corrected chi connectivity index (χ1v) is 27.1. The van der Waals surface area contributed by atoms with Gasteiger partial charge in [0.2, 0.25) is 0 Å². The molecule has 3 heteroatoms. The average molecular weight is 992 g/mol. The first kappa shape index (κ1) is 45.5. The van der Waals surface area contributed by atoms with Gasteiger partial charge in [-0.05, 0) is 137 Å². The summed E-state index contributed by atoms with van der Waals surface area (Å²) >= 11 is 0. The maximum absolute atomic E-state index is 7.18. The summed E-state index contributed by atoms with van der Waals surface area (Å²) in [7, 11) is 0. The van der Waals surface area contributed by atoms with Gasteiger partial charge in [-0.2, -0.15) is 0 Å². The van der Waals surface area contributed by atoms with Crippen LogP contribution in [0.2, 0.25) is 0 Å². The lowest BCUT2D eigenvalue weighted by Crippen LogP contribution is -2.33. The van der Waals surface area contributed by atoms with E-state index in [4.69, 9.17) is 9.47 Å². The van der Waals surface area contributed by atoms with Crippen molar-refractivity contribution in [2.24, 2.45) is 0 Å². The molecule has 3 nitrogen and oxygen atoms in total. The van der Waals surface area contributed by atoms with Crippen molar-refractivity contribution in [1.29, 1.82) is 0 Å². The van der Waals surface area contributed by atoms with Crippen LogP contribution >= 0.6 is 0 Å². The van der Waals surface area contributed by atoms with Gasteiger partial charge >= 0.3 is 0 Å². The fraction of sp³-hybridized carbons (Fsp3) is 0.135. The van der Waals surface area contributed by atoms with Crippen molar-refractivity contribution >= 4 is 27.8 Å². The Morgan fingerprint density at radius 2 is 0.701 bits per heavy atom. The van der Waals surface area contributed by atoms with Crippen molar-refractivity contribution < 1.29 is 9.47 Å². The van der Waals surface area contributed by atoms with Crippen LogP contribution in [-0.4, -0.2) is 0 Å². The summed E-state index contributed by atoms with van der Waals surface area (Å²) in [6.45, 7) is 13.9. The Morgan fingerprint density at radius 3 is 1.25 bits per heavy atom. The number of rotatable bonds is 4. The van der Waals surface area contributed by atoms with Crippen molar-refractivity contribution in [3.63, 3.8) is 0 Å². The molecule has 11 aromatic carbocycles. The van der Waals surface area contributed by atoms with Crippen LogP contribution in [0.4, 0.5) is 17.1 Å². The second-order valence-electron chi connectivity index (χ2n) is 23.5. The van der Waals surface area contributed by atoms with Gasteiger partial charge in [0.25, 0.3) is 0 Å². The van der Waals surface area contributed by atoms with E-state index in [1.165, 1.54) is 72.0 Å². The summed E-state index contributed by atoms with van der Waals surface area (Å²) in [5, 5.41) is 2.40. The second kappa shape index (κ2) is 16.3. The summed E-state index contributed by atoms with van der Waals surface area (Å²) in [5.41, 5.74) is 21.0. The molecular formula is C74H57NO2. The predicted octanol–water partition coefficient (Wildman–Crippen LogP) is 19.5. The fourth-order valence-electron chi connectivity index (χ4n) is 13.8. The molecule has 0 bridgehead atoms. The maximum atomic E-state index is 7.18. The average Bonchev–Trinajstić information content (AvgIpc) is 3.80. The number of hydrogen-bond donors (Lipinski definition) is 0. The number of benzene rings is 11. The highest BCUT2D eigenvalue weighted by molar-refractivity contribution is 6.02. The monoisotopic (exact) mass is 991 g/mol. The lowest BCUT2D eigenvalue weighted by Gasteiger charge is -2.41.